The van der Waals surface area contributed by atoms with E-state index in [1.165, 1.54) is 29.1 Å². The first-order valence-corrected chi connectivity index (χ1v) is 9.29. The minimum atomic E-state index is -4.86. The van der Waals surface area contributed by atoms with Gasteiger partial charge in [-0.3, -0.25) is 4.68 Å². The smallest absolute Gasteiger partial charge is 0.543 e. The Morgan fingerprint density at radius 3 is 2.47 bits per heavy atom. The average Bonchev–Trinajstić information content (AvgIpc) is 3.39. The van der Waals surface area contributed by atoms with Gasteiger partial charge in [-0.25, -0.2) is 0 Å². The minimum Gasteiger partial charge on any atom is -0.543 e. The zero-order valence-electron chi connectivity index (χ0n) is 15.8. The van der Waals surface area contributed by atoms with Crippen LogP contribution in [0.15, 0.2) is 59.3 Å². The lowest BCUT2D eigenvalue weighted by atomic mass is 10.1. The molecular formula is C20H11ClF3N4O4-. The molecule has 4 rings (SSSR count). The molecule has 0 aliphatic carbocycles. The van der Waals surface area contributed by atoms with Crippen LogP contribution in [0, 0.1) is 0 Å². The van der Waals surface area contributed by atoms with Crippen LogP contribution in [0.3, 0.4) is 0 Å². The molecule has 32 heavy (non-hydrogen) atoms. The summed E-state index contributed by atoms with van der Waals surface area (Å²) in [7, 11) is 0. The van der Waals surface area contributed by atoms with Gasteiger partial charge >= 0.3 is 6.36 Å². The SMILES string of the molecule is O=C([O-])c1ccn(Cc2ccc(-c3noc(-c4ccc(OC(F)(F)F)c(Cl)c4)n3)cc2)n1. The van der Waals surface area contributed by atoms with Crippen LogP contribution in [0.25, 0.3) is 22.8 Å². The number of aromatic nitrogens is 4. The number of carboxylic acids is 1. The maximum Gasteiger partial charge on any atom is 0.573 e. The van der Waals surface area contributed by atoms with Crippen LogP contribution in [0.4, 0.5) is 13.2 Å². The van der Waals surface area contributed by atoms with E-state index in [1.807, 2.05) is 0 Å². The molecule has 0 fully saturated rings. The van der Waals surface area contributed by atoms with E-state index in [1.54, 1.807) is 24.3 Å². The quantitative estimate of drug-likeness (QED) is 0.430. The highest BCUT2D eigenvalue weighted by Gasteiger charge is 2.32. The zero-order valence-corrected chi connectivity index (χ0v) is 16.6. The molecule has 0 unspecified atom stereocenters. The van der Waals surface area contributed by atoms with Gasteiger partial charge in [0.25, 0.3) is 5.89 Å². The van der Waals surface area contributed by atoms with E-state index in [4.69, 9.17) is 16.1 Å². The largest absolute Gasteiger partial charge is 0.573 e. The molecule has 2 aromatic carbocycles. The Kier molecular flexibility index (Phi) is 5.57. The molecule has 0 saturated heterocycles. The summed E-state index contributed by atoms with van der Waals surface area (Å²) in [5.41, 5.74) is 1.64. The number of benzene rings is 2. The van der Waals surface area contributed by atoms with Crippen molar-refractivity contribution in [2.45, 2.75) is 12.9 Å². The average molecular weight is 464 g/mol. The number of aromatic carboxylic acids is 1. The van der Waals surface area contributed by atoms with Crippen molar-refractivity contribution in [3.05, 3.63) is 71.0 Å². The van der Waals surface area contributed by atoms with E-state index < -0.39 is 18.1 Å². The summed E-state index contributed by atoms with van der Waals surface area (Å²) >= 11 is 5.85. The molecular weight excluding hydrogens is 453 g/mol. The second-order valence-corrected chi connectivity index (χ2v) is 6.91. The summed E-state index contributed by atoms with van der Waals surface area (Å²) in [5, 5.41) is 18.3. The van der Waals surface area contributed by atoms with E-state index in [9.17, 15) is 23.1 Å². The third-order valence-corrected chi connectivity index (χ3v) is 4.53. The van der Waals surface area contributed by atoms with Crippen molar-refractivity contribution in [1.29, 1.82) is 0 Å². The molecule has 4 aromatic rings. The number of halogens is 4. The summed E-state index contributed by atoms with van der Waals surface area (Å²) in [6.07, 6.45) is -3.33. The Balaban J connectivity index is 1.48. The van der Waals surface area contributed by atoms with E-state index in [0.717, 1.165) is 11.6 Å². The highest BCUT2D eigenvalue weighted by Crippen LogP contribution is 2.33. The first-order valence-electron chi connectivity index (χ1n) is 8.91. The number of rotatable bonds is 6. The number of nitrogens with zero attached hydrogens (tertiary/aromatic N) is 4. The lowest BCUT2D eigenvalue weighted by Gasteiger charge is -2.10. The zero-order chi connectivity index (χ0) is 22.9. The normalized spacial score (nSPS) is 11.5. The number of hydrogen-bond donors (Lipinski definition) is 0. The van der Waals surface area contributed by atoms with E-state index in [-0.39, 0.29) is 22.4 Å². The standard InChI is InChI=1S/C20H12ClF3N4O4/c21-14-9-13(5-6-16(14)31-20(22,23)24)18-25-17(27-32-18)12-3-1-11(2-4-12)10-28-8-7-15(26-28)19(29)30/h1-9H,10H2,(H,29,30)/p-1. The number of carboxylic acid groups (broad SMARTS) is 1. The fourth-order valence-corrected chi connectivity index (χ4v) is 3.02. The second-order valence-electron chi connectivity index (χ2n) is 6.50. The predicted molar refractivity (Wildman–Crippen MR) is 103 cm³/mol. The second kappa shape index (κ2) is 8.35. The summed E-state index contributed by atoms with van der Waals surface area (Å²) in [6.45, 7) is 0.343. The summed E-state index contributed by atoms with van der Waals surface area (Å²) < 4.78 is 47.6. The lowest BCUT2D eigenvalue weighted by molar-refractivity contribution is -0.274. The minimum absolute atomic E-state index is 0.0656. The molecule has 0 N–H and O–H groups in total. The molecule has 164 valence electrons. The van der Waals surface area contributed by atoms with Crippen LogP contribution in [0.2, 0.25) is 5.02 Å². The Labute approximate surface area is 182 Å². The summed E-state index contributed by atoms with van der Waals surface area (Å²) in [4.78, 5) is 15.0. The van der Waals surface area contributed by atoms with Crippen molar-refractivity contribution in [3.63, 3.8) is 0 Å². The molecule has 0 amide bonds. The molecule has 0 aliphatic rings. The van der Waals surface area contributed by atoms with Crippen molar-refractivity contribution in [1.82, 2.24) is 19.9 Å². The van der Waals surface area contributed by atoms with Crippen LogP contribution in [0.5, 0.6) is 5.75 Å². The van der Waals surface area contributed by atoms with Crippen LogP contribution in [-0.4, -0.2) is 32.3 Å². The third-order valence-electron chi connectivity index (χ3n) is 4.24. The van der Waals surface area contributed by atoms with Gasteiger partial charge in [-0.05, 0) is 29.8 Å². The molecule has 0 atom stereocenters. The first-order chi connectivity index (χ1) is 15.2. The number of alkyl halides is 3. The van der Waals surface area contributed by atoms with Crippen LogP contribution in [-0.2, 0) is 6.54 Å². The summed E-state index contributed by atoms with van der Waals surface area (Å²) in [5.74, 6) is -1.56. The van der Waals surface area contributed by atoms with Crippen molar-refractivity contribution < 1.29 is 32.3 Å². The van der Waals surface area contributed by atoms with Crippen molar-refractivity contribution in [3.8, 4) is 28.6 Å². The summed E-state index contributed by atoms with van der Waals surface area (Å²) in [6, 6.07) is 12.0. The third kappa shape index (κ3) is 4.89. The number of carbonyl (C=O) groups is 1. The highest BCUT2D eigenvalue weighted by atomic mass is 35.5. The predicted octanol–water partition coefficient (Wildman–Crippen LogP) is 3.56. The molecule has 0 radical (unpaired) electrons. The Hall–Kier alpha value is -3.86. The van der Waals surface area contributed by atoms with Gasteiger partial charge in [0.1, 0.15) is 11.4 Å². The molecule has 0 aliphatic heterocycles. The number of ether oxygens (including phenoxy) is 1. The van der Waals surface area contributed by atoms with Crippen molar-refractivity contribution >= 4 is 17.6 Å². The lowest BCUT2D eigenvalue weighted by Crippen LogP contribution is -2.23. The van der Waals surface area contributed by atoms with Crippen molar-refractivity contribution in [2.24, 2.45) is 0 Å². The van der Waals surface area contributed by atoms with E-state index in [0.29, 0.717) is 17.7 Å². The fourth-order valence-electron chi connectivity index (χ4n) is 2.80. The van der Waals surface area contributed by atoms with Gasteiger partial charge in [-0.1, -0.05) is 41.0 Å². The molecule has 12 heteroatoms. The number of carbonyl (C=O) groups excluding carboxylic acids is 1. The number of hydrogen-bond acceptors (Lipinski definition) is 7. The van der Waals surface area contributed by atoms with Gasteiger partial charge in [0, 0.05) is 17.3 Å². The topological polar surface area (TPSA) is 106 Å². The molecule has 8 nitrogen and oxygen atoms in total. The molecule has 0 saturated carbocycles. The van der Waals surface area contributed by atoms with Gasteiger partial charge in [-0.2, -0.15) is 10.1 Å². The maximum absolute atomic E-state index is 12.4. The molecule has 0 bridgehead atoms. The van der Waals surface area contributed by atoms with Crippen LogP contribution < -0.4 is 9.84 Å². The fraction of sp³-hybridized carbons (Fsp3) is 0.100. The molecule has 0 spiro atoms. The van der Waals surface area contributed by atoms with Gasteiger partial charge < -0.3 is 19.2 Å². The molecule has 2 aromatic heterocycles. The van der Waals surface area contributed by atoms with Crippen LogP contribution >= 0.6 is 11.6 Å². The van der Waals surface area contributed by atoms with Crippen molar-refractivity contribution in [2.75, 3.05) is 0 Å². The Morgan fingerprint density at radius 2 is 1.84 bits per heavy atom. The maximum atomic E-state index is 12.4. The monoisotopic (exact) mass is 463 g/mol. The first kappa shape index (κ1) is 21.4. The van der Waals surface area contributed by atoms with Gasteiger partial charge in [0.2, 0.25) is 5.82 Å². The molecule has 2 heterocycles. The highest BCUT2D eigenvalue weighted by molar-refractivity contribution is 6.32. The van der Waals surface area contributed by atoms with Crippen LogP contribution in [0.1, 0.15) is 16.1 Å². The Bertz CT molecular complexity index is 1270. The van der Waals surface area contributed by atoms with E-state index in [2.05, 4.69) is 20.0 Å². The van der Waals surface area contributed by atoms with Gasteiger partial charge in [0.15, 0.2) is 0 Å². The van der Waals surface area contributed by atoms with Gasteiger partial charge in [0.05, 0.1) is 17.5 Å². The van der Waals surface area contributed by atoms with Gasteiger partial charge in [-0.15, -0.1) is 13.2 Å². The van der Waals surface area contributed by atoms with E-state index >= 15 is 0 Å². The Morgan fingerprint density at radius 1 is 1.12 bits per heavy atom.